The molecule has 2 aliphatic rings. The van der Waals surface area contributed by atoms with Gasteiger partial charge in [-0.1, -0.05) is 0 Å². The monoisotopic (exact) mass is 292 g/mol. The fraction of sp³-hybridized carbons (Fsp3) is 0.643. The molecule has 2 aliphatic heterocycles. The van der Waals surface area contributed by atoms with Gasteiger partial charge in [0.2, 0.25) is 0 Å². The molecule has 7 nitrogen and oxygen atoms in total. The highest BCUT2D eigenvalue weighted by atomic mass is 16.5. The van der Waals surface area contributed by atoms with Crippen molar-refractivity contribution >= 4 is 6.03 Å². The van der Waals surface area contributed by atoms with Gasteiger partial charge in [0.05, 0.1) is 19.7 Å². The maximum atomic E-state index is 11.9. The summed E-state index contributed by atoms with van der Waals surface area (Å²) in [5, 5.41) is 0. The van der Waals surface area contributed by atoms with Gasteiger partial charge in [-0.05, 0) is 6.07 Å². The van der Waals surface area contributed by atoms with Gasteiger partial charge in [-0.2, -0.15) is 0 Å². The number of aromatic nitrogens is 2. The summed E-state index contributed by atoms with van der Waals surface area (Å²) >= 11 is 0. The van der Waals surface area contributed by atoms with Gasteiger partial charge in [0.15, 0.2) is 0 Å². The van der Waals surface area contributed by atoms with Crippen LogP contribution in [0.3, 0.4) is 0 Å². The van der Waals surface area contributed by atoms with E-state index in [0.717, 1.165) is 12.8 Å². The summed E-state index contributed by atoms with van der Waals surface area (Å²) in [6, 6.07) is 2.19. The quantitative estimate of drug-likeness (QED) is 0.805. The van der Waals surface area contributed by atoms with E-state index in [-0.39, 0.29) is 17.7 Å². The molecule has 21 heavy (non-hydrogen) atoms. The normalized spacial score (nSPS) is 23.5. The van der Waals surface area contributed by atoms with Crippen molar-refractivity contribution in [3.63, 3.8) is 0 Å². The summed E-state index contributed by atoms with van der Waals surface area (Å²) < 4.78 is 11.7. The highest BCUT2D eigenvalue weighted by Crippen LogP contribution is 2.35. The van der Waals surface area contributed by atoms with E-state index in [0.29, 0.717) is 25.7 Å². The molecule has 3 rings (SSSR count). The molecular formula is C14H20N4O3. The average molecular weight is 292 g/mol. The van der Waals surface area contributed by atoms with E-state index in [2.05, 4.69) is 9.97 Å². The smallest absolute Gasteiger partial charge is 0.319 e. The second kappa shape index (κ2) is 5.48. The molecule has 2 fully saturated rings. The Labute approximate surface area is 123 Å². The summed E-state index contributed by atoms with van der Waals surface area (Å²) in [6.07, 6.45) is 4.96. The van der Waals surface area contributed by atoms with Crippen LogP contribution >= 0.6 is 0 Å². The van der Waals surface area contributed by atoms with E-state index in [1.807, 2.05) is 0 Å². The molecule has 0 saturated carbocycles. The van der Waals surface area contributed by atoms with Crippen LogP contribution in [0.4, 0.5) is 4.79 Å². The molecule has 1 spiro atoms. The van der Waals surface area contributed by atoms with Crippen molar-refractivity contribution in [3.8, 4) is 6.01 Å². The third-order valence-corrected chi connectivity index (χ3v) is 3.87. The average Bonchev–Trinajstić information content (AvgIpc) is 2.45. The number of likely N-dealkylation sites (tertiary alicyclic amines) is 1. The van der Waals surface area contributed by atoms with E-state index >= 15 is 0 Å². The van der Waals surface area contributed by atoms with Gasteiger partial charge in [0, 0.05) is 39.3 Å². The lowest BCUT2D eigenvalue weighted by Gasteiger charge is -2.53. The van der Waals surface area contributed by atoms with Crippen LogP contribution in [0.15, 0.2) is 18.5 Å². The van der Waals surface area contributed by atoms with E-state index in [1.54, 1.807) is 42.4 Å². The highest BCUT2D eigenvalue weighted by Gasteiger charge is 2.50. The van der Waals surface area contributed by atoms with Crippen LogP contribution in [0.25, 0.3) is 0 Å². The zero-order valence-electron chi connectivity index (χ0n) is 12.4. The number of amides is 2. The number of urea groups is 1. The van der Waals surface area contributed by atoms with Crippen LogP contribution in [0.2, 0.25) is 0 Å². The molecule has 0 N–H and O–H groups in total. The molecule has 1 unspecified atom stereocenters. The first-order chi connectivity index (χ1) is 10.1. The Kier molecular flexibility index (Phi) is 3.67. The van der Waals surface area contributed by atoms with Crippen LogP contribution in [0, 0.1) is 0 Å². The first-order valence-corrected chi connectivity index (χ1v) is 7.12. The van der Waals surface area contributed by atoms with Gasteiger partial charge in [-0.3, -0.25) is 0 Å². The SMILES string of the molecule is CN(C)C(=O)N1CC2(CC(Oc3ncccn3)CCO2)C1. The molecular weight excluding hydrogens is 272 g/mol. The van der Waals surface area contributed by atoms with E-state index in [9.17, 15) is 4.79 Å². The van der Waals surface area contributed by atoms with Gasteiger partial charge in [0.1, 0.15) is 11.7 Å². The molecule has 1 atom stereocenters. The van der Waals surface area contributed by atoms with Crippen molar-refractivity contribution in [2.45, 2.75) is 24.5 Å². The lowest BCUT2D eigenvalue weighted by molar-refractivity contribution is -0.174. The molecule has 0 bridgehead atoms. The molecule has 1 aromatic rings. The van der Waals surface area contributed by atoms with Crippen molar-refractivity contribution < 1.29 is 14.3 Å². The summed E-state index contributed by atoms with van der Waals surface area (Å²) in [4.78, 5) is 23.4. The maximum Gasteiger partial charge on any atom is 0.319 e. The predicted octanol–water partition coefficient (Wildman–Crippen LogP) is 0.770. The summed E-state index contributed by atoms with van der Waals surface area (Å²) in [5.74, 6) is 0. The van der Waals surface area contributed by atoms with Crippen molar-refractivity contribution in [2.75, 3.05) is 33.8 Å². The zero-order chi connectivity index (χ0) is 14.9. The van der Waals surface area contributed by atoms with Gasteiger partial charge in [0.25, 0.3) is 0 Å². The Bertz CT molecular complexity index is 502. The molecule has 0 radical (unpaired) electrons. The van der Waals surface area contributed by atoms with Gasteiger partial charge in [-0.25, -0.2) is 14.8 Å². The van der Waals surface area contributed by atoms with Gasteiger partial charge in [-0.15, -0.1) is 0 Å². The summed E-state index contributed by atoms with van der Waals surface area (Å²) in [7, 11) is 3.52. The van der Waals surface area contributed by atoms with Crippen molar-refractivity contribution in [1.29, 1.82) is 0 Å². The molecule has 7 heteroatoms. The first kappa shape index (κ1) is 14.1. The topological polar surface area (TPSA) is 67.8 Å². The van der Waals surface area contributed by atoms with Crippen molar-refractivity contribution in [2.24, 2.45) is 0 Å². The fourth-order valence-electron chi connectivity index (χ4n) is 2.87. The Balaban J connectivity index is 1.56. The summed E-state index contributed by atoms with van der Waals surface area (Å²) in [5.41, 5.74) is -0.261. The second-order valence-electron chi connectivity index (χ2n) is 5.83. The van der Waals surface area contributed by atoms with Crippen LogP contribution < -0.4 is 4.74 Å². The van der Waals surface area contributed by atoms with E-state index in [1.165, 1.54) is 0 Å². The lowest BCUT2D eigenvalue weighted by Crippen LogP contribution is -2.68. The molecule has 2 saturated heterocycles. The van der Waals surface area contributed by atoms with Gasteiger partial charge >= 0.3 is 12.0 Å². The largest absolute Gasteiger partial charge is 0.460 e. The number of ether oxygens (including phenoxy) is 2. The molecule has 2 amide bonds. The third kappa shape index (κ3) is 2.92. The Morgan fingerprint density at radius 3 is 2.81 bits per heavy atom. The molecule has 0 aromatic carbocycles. The zero-order valence-corrected chi connectivity index (χ0v) is 12.4. The number of rotatable bonds is 2. The molecule has 114 valence electrons. The second-order valence-corrected chi connectivity index (χ2v) is 5.83. The highest BCUT2D eigenvalue weighted by molar-refractivity contribution is 5.75. The fourth-order valence-corrected chi connectivity index (χ4v) is 2.87. The Morgan fingerprint density at radius 1 is 1.43 bits per heavy atom. The number of hydrogen-bond donors (Lipinski definition) is 0. The number of nitrogens with zero attached hydrogens (tertiary/aromatic N) is 4. The molecule has 3 heterocycles. The summed E-state index contributed by atoms with van der Waals surface area (Å²) in [6.45, 7) is 1.89. The number of hydrogen-bond acceptors (Lipinski definition) is 5. The Hall–Kier alpha value is -1.89. The van der Waals surface area contributed by atoms with Crippen LogP contribution in [0.5, 0.6) is 6.01 Å². The Morgan fingerprint density at radius 2 is 2.14 bits per heavy atom. The van der Waals surface area contributed by atoms with E-state index in [4.69, 9.17) is 9.47 Å². The van der Waals surface area contributed by atoms with Crippen LogP contribution in [0.1, 0.15) is 12.8 Å². The minimum atomic E-state index is -0.261. The third-order valence-electron chi connectivity index (χ3n) is 3.87. The minimum absolute atomic E-state index is 0.0265. The first-order valence-electron chi connectivity index (χ1n) is 7.12. The van der Waals surface area contributed by atoms with Crippen molar-refractivity contribution in [3.05, 3.63) is 18.5 Å². The van der Waals surface area contributed by atoms with Gasteiger partial charge < -0.3 is 19.3 Å². The van der Waals surface area contributed by atoms with Crippen LogP contribution in [-0.2, 0) is 4.74 Å². The van der Waals surface area contributed by atoms with Crippen LogP contribution in [-0.4, -0.2) is 71.3 Å². The molecule has 0 aliphatic carbocycles. The number of carbonyl (C=O) groups is 1. The van der Waals surface area contributed by atoms with Crippen molar-refractivity contribution in [1.82, 2.24) is 19.8 Å². The van der Waals surface area contributed by atoms with E-state index < -0.39 is 0 Å². The maximum absolute atomic E-state index is 11.9. The standard InChI is InChI=1S/C14H20N4O3/c1-17(2)13(19)18-9-14(10-18)8-11(4-7-20-14)21-12-15-5-3-6-16-12/h3,5-6,11H,4,7-10H2,1-2H3. The minimum Gasteiger partial charge on any atom is -0.460 e. The predicted molar refractivity (Wildman–Crippen MR) is 75.0 cm³/mol. The molecule has 1 aromatic heterocycles. The lowest BCUT2D eigenvalue weighted by atomic mass is 9.85. The number of carbonyl (C=O) groups excluding carboxylic acids is 1.